The molecule has 0 unspecified atom stereocenters. The molecule has 2 fully saturated rings. The Balaban J connectivity index is 1.89. The van der Waals surface area contributed by atoms with E-state index in [0.717, 1.165) is 31.2 Å². The van der Waals surface area contributed by atoms with Crippen molar-refractivity contribution in [3.63, 3.8) is 0 Å². The van der Waals surface area contributed by atoms with Crippen LogP contribution < -0.4 is 5.69 Å². The van der Waals surface area contributed by atoms with E-state index in [0.29, 0.717) is 5.65 Å². The normalized spacial score (nSPS) is 29.2. The van der Waals surface area contributed by atoms with Gasteiger partial charge in [-0.1, -0.05) is 0 Å². The maximum atomic E-state index is 12.5. The van der Waals surface area contributed by atoms with Crippen molar-refractivity contribution in [1.29, 1.82) is 0 Å². The van der Waals surface area contributed by atoms with Crippen LogP contribution in [0.4, 0.5) is 0 Å². The van der Waals surface area contributed by atoms with Gasteiger partial charge in [0.25, 0.3) is 0 Å². The highest BCUT2D eigenvalue weighted by molar-refractivity contribution is 6.28. The number of nitrogens with zero attached hydrogens (tertiary/aromatic N) is 4. The number of ether oxygens (including phenoxy) is 1. The molecular formula is C13H15ClN4O2. The first-order valence-corrected chi connectivity index (χ1v) is 7.26. The Morgan fingerprint density at radius 3 is 2.75 bits per heavy atom. The lowest BCUT2D eigenvalue weighted by atomic mass is 10.0. The second-order valence-corrected chi connectivity index (χ2v) is 5.98. The third kappa shape index (κ3) is 1.71. The maximum absolute atomic E-state index is 12.5. The Hall–Kier alpha value is -1.40. The zero-order chi connectivity index (χ0) is 13.9. The quantitative estimate of drug-likeness (QED) is 0.751. The number of hydrogen-bond donors (Lipinski definition) is 0. The summed E-state index contributed by atoms with van der Waals surface area (Å²) in [6, 6.07) is 0.142. The lowest BCUT2D eigenvalue weighted by Crippen LogP contribution is -2.33. The number of hydrogen-bond acceptors (Lipinski definition) is 4. The first-order valence-electron chi connectivity index (χ1n) is 6.88. The monoisotopic (exact) mass is 294 g/mol. The molecule has 0 amide bonds. The van der Waals surface area contributed by atoms with Gasteiger partial charge in [0, 0.05) is 13.1 Å². The Morgan fingerprint density at radius 1 is 1.35 bits per heavy atom. The van der Waals surface area contributed by atoms with Gasteiger partial charge in [-0.05, 0) is 37.3 Å². The molecule has 106 valence electrons. The smallest absolute Gasteiger partial charge is 0.330 e. The second kappa shape index (κ2) is 4.30. The lowest BCUT2D eigenvalue weighted by Gasteiger charge is -2.28. The molecule has 3 atom stereocenters. The van der Waals surface area contributed by atoms with E-state index in [2.05, 4.69) is 9.97 Å². The van der Waals surface area contributed by atoms with Gasteiger partial charge in [-0.2, -0.15) is 4.98 Å². The van der Waals surface area contributed by atoms with Crippen molar-refractivity contribution in [2.45, 2.75) is 43.9 Å². The summed E-state index contributed by atoms with van der Waals surface area (Å²) in [6.07, 6.45) is 6.09. The predicted molar refractivity (Wildman–Crippen MR) is 73.9 cm³/mol. The van der Waals surface area contributed by atoms with E-state index in [1.54, 1.807) is 22.4 Å². The Labute approximate surface area is 120 Å². The summed E-state index contributed by atoms with van der Waals surface area (Å²) in [5, 5.41) is 0.173. The van der Waals surface area contributed by atoms with Crippen LogP contribution in [0.2, 0.25) is 5.28 Å². The van der Waals surface area contributed by atoms with Crippen molar-refractivity contribution < 1.29 is 4.74 Å². The van der Waals surface area contributed by atoms with E-state index in [1.165, 1.54) is 0 Å². The molecule has 0 saturated carbocycles. The molecule has 0 N–H and O–H groups in total. The first kappa shape index (κ1) is 12.3. The average molecular weight is 295 g/mol. The summed E-state index contributed by atoms with van der Waals surface area (Å²) >= 11 is 5.89. The number of rotatable bonds is 1. The molecule has 2 saturated heterocycles. The minimum absolute atomic E-state index is 0.0529. The number of fused-ring (bicyclic) bond motifs is 3. The van der Waals surface area contributed by atoms with Gasteiger partial charge < -0.3 is 4.74 Å². The SMILES string of the molecule is Cn1c(=O)n([C@@H]2C[C@H]3CC[C@@H](C2)O3)c2nc(Cl)ncc21. The third-order valence-corrected chi connectivity index (χ3v) is 4.62. The fourth-order valence-corrected chi connectivity index (χ4v) is 3.61. The number of aromatic nitrogens is 4. The molecule has 7 heteroatoms. The van der Waals surface area contributed by atoms with Crippen LogP contribution in [0, 0.1) is 0 Å². The van der Waals surface area contributed by atoms with Crippen LogP contribution >= 0.6 is 11.6 Å². The van der Waals surface area contributed by atoms with E-state index >= 15 is 0 Å². The van der Waals surface area contributed by atoms with Crippen LogP contribution in [0.15, 0.2) is 11.0 Å². The molecule has 2 aliphatic heterocycles. The van der Waals surface area contributed by atoms with Gasteiger partial charge in [0.05, 0.1) is 18.4 Å². The van der Waals surface area contributed by atoms with Crippen LogP contribution in [-0.2, 0) is 11.8 Å². The van der Waals surface area contributed by atoms with Crippen molar-refractivity contribution in [2.24, 2.45) is 7.05 Å². The molecule has 2 bridgehead atoms. The van der Waals surface area contributed by atoms with E-state index < -0.39 is 0 Å². The summed E-state index contributed by atoms with van der Waals surface area (Å²) in [4.78, 5) is 20.7. The summed E-state index contributed by atoms with van der Waals surface area (Å²) in [7, 11) is 1.74. The van der Waals surface area contributed by atoms with Gasteiger partial charge in [-0.3, -0.25) is 9.13 Å². The van der Waals surface area contributed by atoms with Gasteiger partial charge in [-0.25, -0.2) is 9.78 Å². The molecule has 0 aliphatic carbocycles. The minimum atomic E-state index is -0.0529. The highest BCUT2D eigenvalue weighted by atomic mass is 35.5. The minimum Gasteiger partial charge on any atom is -0.375 e. The molecule has 4 heterocycles. The summed E-state index contributed by atoms with van der Waals surface area (Å²) < 4.78 is 9.21. The van der Waals surface area contributed by atoms with Crippen LogP contribution in [0.5, 0.6) is 0 Å². The highest BCUT2D eigenvalue weighted by Gasteiger charge is 2.37. The van der Waals surface area contributed by atoms with Crippen LogP contribution in [0.3, 0.4) is 0 Å². The summed E-state index contributed by atoms with van der Waals surface area (Å²) in [6.45, 7) is 0. The largest absolute Gasteiger partial charge is 0.375 e. The number of imidazole rings is 1. The molecule has 0 spiro atoms. The average Bonchev–Trinajstić information content (AvgIpc) is 2.88. The molecular weight excluding hydrogens is 280 g/mol. The van der Waals surface area contributed by atoms with Gasteiger partial charge >= 0.3 is 5.69 Å². The molecule has 6 nitrogen and oxygen atoms in total. The Kier molecular flexibility index (Phi) is 2.65. The molecule has 2 aromatic rings. The van der Waals surface area contributed by atoms with E-state index in [1.807, 2.05) is 0 Å². The zero-order valence-electron chi connectivity index (χ0n) is 11.1. The summed E-state index contributed by atoms with van der Waals surface area (Å²) in [5.41, 5.74) is 1.30. The zero-order valence-corrected chi connectivity index (χ0v) is 11.9. The molecule has 2 aromatic heterocycles. The van der Waals surface area contributed by atoms with Gasteiger partial charge in [0.15, 0.2) is 5.65 Å². The molecule has 2 aliphatic rings. The van der Waals surface area contributed by atoms with E-state index in [4.69, 9.17) is 16.3 Å². The fraction of sp³-hybridized carbons (Fsp3) is 0.615. The van der Waals surface area contributed by atoms with Gasteiger partial charge in [0.1, 0.15) is 5.52 Å². The summed E-state index contributed by atoms with van der Waals surface area (Å²) in [5.74, 6) is 0. The molecule has 20 heavy (non-hydrogen) atoms. The molecule has 0 radical (unpaired) electrons. The topological polar surface area (TPSA) is 61.9 Å². The predicted octanol–water partition coefficient (Wildman–Crippen LogP) is 1.67. The Bertz CT molecular complexity index is 726. The van der Waals surface area contributed by atoms with Crippen molar-refractivity contribution >= 4 is 22.8 Å². The highest BCUT2D eigenvalue weighted by Crippen LogP contribution is 2.38. The lowest BCUT2D eigenvalue weighted by molar-refractivity contribution is -0.0158. The Morgan fingerprint density at radius 2 is 2.05 bits per heavy atom. The van der Waals surface area contributed by atoms with Crippen LogP contribution in [-0.4, -0.2) is 31.3 Å². The van der Waals surface area contributed by atoms with E-state index in [-0.39, 0.29) is 29.2 Å². The van der Waals surface area contributed by atoms with Crippen molar-refractivity contribution in [2.75, 3.05) is 0 Å². The van der Waals surface area contributed by atoms with Crippen molar-refractivity contribution in [3.05, 3.63) is 22.0 Å². The first-order chi connectivity index (χ1) is 9.63. The van der Waals surface area contributed by atoms with Gasteiger partial charge in [0.2, 0.25) is 5.28 Å². The number of aryl methyl sites for hydroxylation is 1. The molecule has 4 rings (SSSR count). The molecule has 0 aromatic carbocycles. The van der Waals surface area contributed by atoms with Crippen molar-refractivity contribution in [3.8, 4) is 0 Å². The van der Waals surface area contributed by atoms with Crippen LogP contribution in [0.1, 0.15) is 31.7 Å². The van der Waals surface area contributed by atoms with Gasteiger partial charge in [-0.15, -0.1) is 0 Å². The van der Waals surface area contributed by atoms with E-state index in [9.17, 15) is 4.79 Å². The fourth-order valence-electron chi connectivity index (χ4n) is 3.48. The second-order valence-electron chi connectivity index (χ2n) is 5.64. The maximum Gasteiger partial charge on any atom is 0.330 e. The van der Waals surface area contributed by atoms with Crippen molar-refractivity contribution in [1.82, 2.24) is 19.1 Å². The van der Waals surface area contributed by atoms with Crippen LogP contribution in [0.25, 0.3) is 11.2 Å². The number of halogens is 1. The standard InChI is InChI=1S/C13H15ClN4O2/c1-17-10-6-15-12(14)16-11(10)18(13(17)19)7-4-8-2-3-9(5-7)20-8/h6-9H,2-5H2,1H3/t7-,8-,9+. The third-order valence-electron chi connectivity index (χ3n) is 4.43.